The van der Waals surface area contributed by atoms with E-state index in [9.17, 15) is 9.59 Å². The molecule has 1 fully saturated rings. The van der Waals surface area contributed by atoms with Crippen LogP contribution < -0.4 is 10.2 Å². The standard InChI is InChI=1S/C19H19ClN2O2/c1-12-7-8-17(13(2)9-12)22-11-14(10-18(22)23)19(24)21-16-6-4-3-5-15(16)20/h3-9,14H,10-11H2,1-2H3,(H,21,24)/t14-/m1/s1. The maximum absolute atomic E-state index is 12.5. The molecule has 0 bridgehead atoms. The fourth-order valence-corrected chi connectivity index (χ4v) is 3.20. The Hall–Kier alpha value is -2.33. The Morgan fingerprint density at radius 1 is 1.21 bits per heavy atom. The summed E-state index contributed by atoms with van der Waals surface area (Å²) in [6, 6.07) is 13.0. The van der Waals surface area contributed by atoms with E-state index in [-0.39, 0.29) is 24.2 Å². The summed E-state index contributed by atoms with van der Waals surface area (Å²) in [7, 11) is 0. The molecule has 0 spiro atoms. The highest BCUT2D eigenvalue weighted by atomic mass is 35.5. The molecule has 0 unspecified atom stereocenters. The van der Waals surface area contributed by atoms with Crippen LogP contribution in [0.25, 0.3) is 0 Å². The summed E-state index contributed by atoms with van der Waals surface area (Å²) in [5.74, 6) is -0.584. The van der Waals surface area contributed by atoms with Gasteiger partial charge in [0.15, 0.2) is 0 Å². The van der Waals surface area contributed by atoms with Gasteiger partial charge in [-0.2, -0.15) is 0 Å². The summed E-state index contributed by atoms with van der Waals surface area (Å²) in [4.78, 5) is 26.5. The van der Waals surface area contributed by atoms with Crippen LogP contribution in [0.5, 0.6) is 0 Å². The molecule has 1 heterocycles. The first-order valence-corrected chi connectivity index (χ1v) is 8.26. The zero-order valence-electron chi connectivity index (χ0n) is 13.7. The summed E-state index contributed by atoms with van der Waals surface area (Å²) in [5, 5.41) is 3.31. The van der Waals surface area contributed by atoms with E-state index < -0.39 is 0 Å². The van der Waals surface area contributed by atoms with Crippen molar-refractivity contribution < 1.29 is 9.59 Å². The van der Waals surface area contributed by atoms with Crippen molar-refractivity contribution >= 4 is 34.8 Å². The summed E-state index contributed by atoms with van der Waals surface area (Å²) < 4.78 is 0. The minimum atomic E-state index is -0.380. The van der Waals surface area contributed by atoms with Gasteiger partial charge in [-0.3, -0.25) is 9.59 Å². The minimum Gasteiger partial charge on any atom is -0.324 e. The first-order valence-electron chi connectivity index (χ1n) is 7.88. The van der Waals surface area contributed by atoms with Gasteiger partial charge in [-0.05, 0) is 37.6 Å². The third kappa shape index (κ3) is 3.29. The highest BCUT2D eigenvalue weighted by Gasteiger charge is 2.35. The second-order valence-electron chi connectivity index (χ2n) is 6.16. The Bertz CT molecular complexity index is 804. The number of hydrogen-bond donors (Lipinski definition) is 1. The second kappa shape index (κ2) is 6.65. The van der Waals surface area contributed by atoms with Gasteiger partial charge in [0.1, 0.15) is 0 Å². The van der Waals surface area contributed by atoms with Gasteiger partial charge in [-0.15, -0.1) is 0 Å². The van der Waals surface area contributed by atoms with Crippen LogP contribution >= 0.6 is 11.6 Å². The quantitative estimate of drug-likeness (QED) is 0.918. The van der Waals surface area contributed by atoms with Gasteiger partial charge in [0, 0.05) is 18.7 Å². The maximum Gasteiger partial charge on any atom is 0.229 e. The van der Waals surface area contributed by atoms with E-state index in [1.54, 1.807) is 23.1 Å². The number of carbonyl (C=O) groups excluding carboxylic acids is 2. The molecular weight excluding hydrogens is 324 g/mol. The molecule has 1 atom stereocenters. The van der Waals surface area contributed by atoms with E-state index in [4.69, 9.17) is 11.6 Å². The van der Waals surface area contributed by atoms with Crippen molar-refractivity contribution in [3.63, 3.8) is 0 Å². The van der Waals surface area contributed by atoms with Crippen molar-refractivity contribution in [1.29, 1.82) is 0 Å². The third-order valence-corrected chi connectivity index (χ3v) is 4.60. The van der Waals surface area contributed by atoms with Gasteiger partial charge in [0.2, 0.25) is 11.8 Å². The van der Waals surface area contributed by atoms with Gasteiger partial charge in [0.05, 0.1) is 16.6 Å². The van der Waals surface area contributed by atoms with Crippen molar-refractivity contribution in [3.8, 4) is 0 Å². The van der Waals surface area contributed by atoms with Crippen LogP contribution in [0.15, 0.2) is 42.5 Å². The number of para-hydroxylation sites is 1. The molecule has 0 aliphatic carbocycles. The Balaban J connectivity index is 1.74. The van der Waals surface area contributed by atoms with Crippen molar-refractivity contribution in [2.24, 2.45) is 5.92 Å². The topological polar surface area (TPSA) is 49.4 Å². The van der Waals surface area contributed by atoms with E-state index in [0.717, 1.165) is 16.8 Å². The van der Waals surface area contributed by atoms with Gasteiger partial charge in [-0.25, -0.2) is 0 Å². The summed E-state index contributed by atoms with van der Waals surface area (Å²) in [5.41, 5.74) is 3.63. The lowest BCUT2D eigenvalue weighted by atomic mass is 10.1. The van der Waals surface area contributed by atoms with Crippen molar-refractivity contribution in [3.05, 3.63) is 58.6 Å². The molecule has 124 valence electrons. The number of halogens is 1. The maximum atomic E-state index is 12.5. The highest BCUT2D eigenvalue weighted by molar-refractivity contribution is 6.33. The number of nitrogens with zero attached hydrogens (tertiary/aromatic N) is 1. The molecule has 5 heteroatoms. The van der Waals surface area contributed by atoms with E-state index in [1.165, 1.54) is 0 Å². The zero-order chi connectivity index (χ0) is 17.3. The van der Waals surface area contributed by atoms with Crippen LogP contribution in [-0.2, 0) is 9.59 Å². The second-order valence-corrected chi connectivity index (χ2v) is 6.57. The predicted molar refractivity (Wildman–Crippen MR) is 96.5 cm³/mol. The zero-order valence-corrected chi connectivity index (χ0v) is 14.4. The first-order chi connectivity index (χ1) is 11.5. The number of aryl methyl sites for hydroxylation is 2. The van der Waals surface area contributed by atoms with Gasteiger partial charge >= 0.3 is 0 Å². The number of nitrogens with one attached hydrogen (secondary N) is 1. The average Bonchev–Trinajstić information content (AvgIpc) is 2.91. The molecule has 2 amide bonds. The molecule has 3 rings (SSSR count). The lowest BCUT2D eigenvalue weighted by molar-refractivity contribution is -0.122. The average molecular weight is 343 g/mol. The summed E-state index contributed by atoms with van der Waals surface area (Å²) in [6.07, 6.45) is 0.212. The first kappa shape index (κ1) is 16.5. The molecule has 1 N–H and O–H groups in total. The molecule has 1 saturated heterocycles. The largest absolute Gasteiger partial charge is 0.324 e. The molecule has 1 aliphatic heterocycles. The number of rotatable bonds is 3. The number of benzene rings is 2. The van der Waals surface area contributed by atoms with Crippen LogP contribution in [0.2, 0.25) is 5.02 Å². The molecule has 2 aromatic rings. The lowest BCUT2D eigenvalue weighted by Gasteiger charge is -2.19. The predicted octanol–water partition coefficient (Wildman–Crippen LogP) is 3.95. The lowest BCUT2D eigenvalue weighted by Crippen LogP contribution is -2.28. The fraction of sp³-hybridized carbons (Fsp3) is 0.263. The SMILES string of the molecule is Cc1ccc(N2C[C@H](C(=O)Nc3ccccc3Cl)CC2=O)c(C)c1. The molecule has 4 nitrogen and oxygen atoms in total. The smallest absolute Gasteiger partial charge is 0.229 e. The van der Waals surface area contributed by atoms with Gasteiger partial charge in [-0.1, -0.05) is 41.4 Å². The number of hydrogen-bond acceptors (Lipinski definition) is 2. The van der Waals surface area contributed by atoms with Crippen LogP contribution in [0.3, 0.4) is 0 Å². The number of anilines is 2. The van der Waals surface area contributed by atoms with E-state index in [2.05, 4.69) is 5.32 Å². The molecule has 2 aromatic carbocycles. The van der Waals surface area contributed by atoms with Crippen molar-refractivity contribution in [1.82, 2.24) is 0 Å². The Kier molecular flexibility index (Phi) is 4.58. The monoisotopic (exact) mass is 342 g/mol. The Morgan fingerprint density at radius 3 is 2.67 bits per heavy atom. The summed E-state index contributed by atoms with van der Waals surface area (Å²) in [6.45, 7) is 4.38. The van der Waals surface area contributed by atoms with E-state index in [1.807, 2.05) is 38.1 Å². The van der Waals surface area contributed by atoms with E-state index in [0.29, 0.717) is 17.3 Å². The van der Waals surface area contributed by atoms with Crippen LogP contribution in [-0.4, -0.2) is 18.4 Å². The van der Waals surface area contributed by atoms with Crippen LogP contribution in [0.4, 0.5) is 11.4 Å². The molecular formula is C19H19ClN2O2. The van der Waals surface area contributed by atoms with E-state index >= 15 is 0 Å². The number of carbonyl (C=O) groups is 2. The Morgan fingerprint density at radius 2 is 1.96 bits per heavy atom. The molecule has 1 aliphatic rings. The fourth-order valence-electron chi connectivity index (χ4n) is 3.02. The molecule has 0 aromatic heterocycles. The van der Waals surface area contributed by atoms with Crippen molar-refractivity contribution in [2.75, 3.05) is 16.8 Å². The van der Waals surface area contributed by atoms with Crippen molar-refractivity contribution in [2.45, 2.75) is 20.3 Å². The Labute approximate surface area is 146 Å². The normalized spacial score (nSPS) is 17.2. The van der Waals surface area contributed by atoms with Gasteiger partial charge < -0.3 is 10.2 Å². The molecule has 0 saturated carbocycles. The number of amides is 2. The minimum absolute atomic E-state index is 0.0266. The highest BCUT2D eigenvalue weighted by Crippen LogP contribution is 2.30. The molecule has 0 radical (unpaired) electrons. The van der Waals surface area contributed by atoms with Crippen LogP contribution in [0.1, 0.15) is 17.5 Å². The third-order valence-electron chi connectivity index (χ3n) is 4.27. The molecule has 24 heavy (non-hydrogen) atoms. The van der Waals surface area contributed by atoms with Crippen LogP contribution in [0, 0.1) is 19.8 Å². The summed E-state index contributed by atoms with van der Waals surface area (Å²) >= 11 is 6.07. The van der Waals surface area contributed by atoms with Gasteiger partial charge in [0.25, 0.3) is 0 Å².